The molecule has 1 unspecified atom stereocenters. The monoisotopic (exact) mass is 146 g/mol. The van der Waals surface area contributed by atoms with Crippen molar-refractivity contribution in [3.05, 3.63) is 11.6 Å². The number of hydrogen-bond acceptors (Lipinski definition) is 0. The molecule has 1 atom stereocenters. The van der Waals surface area contributed by atoms with Crippen LogP contribution in [-0.4, -0.2) is 5.38 Å². The number of allylic oxidation sites excluding steroid dienone is 2. The molecule has 0 saturated heterocycles. The number of rotatable bonds is 3. The van der Waals surface area contributed by atoms with E-state index < -0.39 is 0 Å². The molecule has 0 aromatic carbocycles. The number of hydrogen-bond donors (Lipinski definition) is 0. The van der Waals surface area contributed by atoms with Gasteiger partial charge in [-0.05, 0) is 33.6 Å². The maximum absolute atomic E-state index is 5.73. The van der Waals surface area contributed by atoms with Gasteiger partial charge in [0, 0.05) is 5.38 Å². The molecule has 0 amide bonds. The molecule has 54 valence electrons. The second-order valence-electron chi connectivity index (χ2n) is 2.64. The fraction of sp³-hybridized carbons (Fsp3) is 0.750. The Kier molecular flexibility index (Phi) is 4.88. The van der Waals surface area contributed by atoms with E-state index in [0.29, 0.717) is 5.38 Å². The van der Waals surface area contributed by atoms with Crippen molar-refractivity contribution in [2.75, 3.05) is 0 Å². The average molecular weight is 147 g/mol. The van der Waals surface area contributed by atoms with E-state index in [1.165, 1.54) is 5.57 Å². The average Bonchev–Trinajstić information content (AvgIpc) is 1.63. The quantitative estimate of drug-likeness (QED) is 0.423. The van der Waals surface area contributed by atoms with Crippen LogP contribution in [0, 0.1) is 0 Å². The van der Waals surface area contributed by atoms with Crippen LogP contribution in [0.2, 0.25) is 0 Å². The highest BCUT2D eigenvalue weighted by Crippen LogP contribution is 2.05. The highest BCUT2D eigenvalue weighted by atomic mass is 35.5. The summed E-state index contributed by atoms with van der Waals surface area (Å²) in [4.78, 5) is 0. The minimum absolute atomic E-state index is 0.320. The molecule has 0 radical (unpaired) electrons. The van der Waals surface area contributed by atoms with Gasteiger partial charge in [0.1, 0.15) is 0 Å². The van der Waals surface area contributed by atoms with Crippen molar-refractivity contribution in [1.82, 2.24) is 0 Å². The standard InChI is InChI=1S/C8H15Cl/c1-7(2)5-4-6-8(3)9/h5,8H,4,6H2,1-3H3. The van der Waals surface area contributed by atoms with Crippen LogP contribution in [-0.2, 0) is 0 Å². The van der Waals surface area contributed by atoms with E-state index in [0.717, 1.165) is 12.8 Å². The second kappa shape index (κ2) is 4.87. The molecule has 1 heteroatoms. The SMILES string of the molecule is CC(C)=CCCC(C)Cl. The van der Waals surface area contributed by atoms with Gasteiger partial charge in [0.05, 0.1) is 0 Å². The Morgan fingerprint density at radius 2 is 2.11 bits per heavy atom. The highest BCUT2D eigenvalue weighted by Gasteiger charge is 1.91. The fourth-order valence-electron chi connectivity index (χ4n) is 0.602. The van der Waals surface area contributed by atoms with Gasteiger partial charge in [-0.1, -0.05) is 11.6 Å². The Labute approximate surface area is 62.9 Å². The zero-order valence-corrected chi connectivity index (χ0v) is 7.20. The second-order valence-corrected chi connectivity index (χ2v) is 3.38. The van der Waals surface area contributed by atoms with Gasteiger partial charge < -0.3 is 0 Å². The van der Waals surface area contributed by atoms with E-state index in [9.17, 15) is 0 Å². The van der Waals surface area contributed by atoms with Crippen LogP contribution < -0.4 is 0 Å². The van der Waals surface area contributed by atoms with Gasteiger partial charge in [-0.15, -0.1) is 11.6 Å². The van der Waals surface area contributed by atoms with Gasteiger partial charge in [0.2, 0.25) is 0 Å². The van der Waals surface area contributed by atoms with E-state index in [4.69, 9.17) is 11.6 Å². The van der Waals surface area contributed by atoms with Crippen LogP contribution >= 0.6 is 11.6 Å². The molecule has 0 bridgehead atoms. The Bertz CT molecular complexity index is 88.7. The lowest BCUT2D eigenvalue weighted by molar-refractivity contribution is 0.819. The number of alkyl halides is 1. The predicted octanol–water partition coefficient (Wildman–Crippen LogP) is 3.36. The maximum Gasteiger partial charge on any atom is 0.0310 e. The summed E-state index contributed by atoms with van der Waals surface area (Å²) in [7, 11) is 0. The topological polar surface area (TPSA) is 0 Å². The molecule has 0 fully saturated rings. The first-order chi connectivity index (χ1) is 4.13. The van der Waals surface area contributed by atoms with Crippen LogP contribution in [0.1, 0.15) is 33.6 Å². The predicted molar refractivity (Wildman–Crippen MR) is 44.0 cm³/mol. The van der Waals surface area contributed by atoms with Gasteiger partial charge in [0.25, 0.3) is 0 Å². The summed E-state index contributed by atoms with van der Waals surface area (Å²) >= 11 is 5.73. The van der Waals surface area contributed by atoms with E-state index in [-0.39, 0.29) is 0 Å². The first kappa shape index (κ1) is 9.03. The minimum atomic E-state index is 0.320. The minimum Gasteiger partial charge on any atom is -0.123 e. The molecule has 0 rings (SSSR count). The molecule has 0 aliphatic carbocycles. The van der Waals surface area contributed by atoms with Crippen LogP contribution in [0.4, 0.5) is 0 Å². The first-order valence-electron chi connectivity index (χ1n) is 3.40. The molecule has 0 N–H and O–H groups in total. The third-order valence-electron chi connectivity index (χ3n) is 1.12. The lowest BCUT2D eigenvalue weighted by Crippen LogP contribution is -1.87. The van der Waals surface area contributed by atoms with Crippen molar-refractivity contribution in [2.24, 2.45) is 0 Å². The largest absolute Gasteiger partial charge is 0.123 e. The van der Waals surface area contributed by atoms with Crippen molar-refractivity contribution in [2.45, 2.75) is 39.0 Å². The van der Waals surface area contributed by atoms with Crippen LogP contribution in [0.25, 0.3) is 0 Å². The molecule has 0 aromatic heterocycles. The van der Waals surface area contributed by atoms with Crippen LogP contribution in [0.15, 0.2) is 11.6 Å². The summed E-state index contributed by atoms with van der Waals surface area (Å²) < 4.78 is 0. The van der Waals surface area contributed by atoms with E-state index >= 15 is 0 Å². The Morgan fingerprint density at radius 3 is 2.44 bits per heavy atom. The lowest BCUT2D eigenvalue weighted by atomic mass is 10.2. The molecule has 0 aliphatic heterocycles. The molecule has 0 heterocycles. The molecule has 0 nitrogen and oxygen atoms in total. The van der Waals surface area contributed by atoms with Crippen molar-refractivity contribution < 1.29 is 0 Å². The Morgan fingerprint density at radius 1 is 1.56 bits per heavy atom. The summed E-state index contributed by atoms with van der Waals surface area (Å²) in [6.45, 7) is 6.25. The summed E-state index contributed by atoms with van der Waals surface area (Å²) in [5, 5.41) is 0.320. The van der Waals surface area contributed by atoms with Gasteiger partial charge in [-0.2, -0.15) is 0 Å². The van der Waals surface area contributed by atoms with Crippen LogP contribution in [0.3, 0.4) is 0 Å². The Balaban J connectivity index is 3.20. The third kappa shape index (κ3) is 8.03. The molecule has 0 aromatic rings. The van der Waals surface area contributed by atoms with Crippen LogP contribution in [0.5, 0.6) is 0 Å². The summed E-state index contributed by atoms with van der Waals surface area (Å²) in [6, 6.07) is 0. The van der Waals surface area contributed by atoms with Gasteiger partial charge in [-0.3, -0.25) is 0 Å². The fourth-order valence-corrected chi connectivity index (χ4v) is 0.728. The third-order valence-corrected chi connectivity index (χ3v) is 1.34. The lowest BCUT2D eigenvalue weighted by Gasteiger charge is -1.97. The number of halogens is 1. The van der Waals surface area contributed by atoms with Gasteiger partial charge >= 0.3 is 0 Å². The van der Waals surface area contributed by atoms with E-state index in [1.54, 1.807) is 0 Å². The van der Waals surface area contributed by atoms with Gasteiger partial charge in [0.15, 0.2) is 0 Å². The molecule has 0 spiro atoms. The molecule has 9 heavy (non-hydrogen) atoms. The Hall–Kier alpha value is 0.0300. The smallest absolute Gasteiger partial charge is 0.0310 e. The van der Waals surface area contributed by atoms with E-state index in [1.807, 2.05) is 6.92 Å². The van der Waals surface area contributed by atoms with Crippen molar-refractivity contribution in [3.63, 3.8) is 0 Å². The molecular weight excluding hydrogens is 132 g/mol. The zero-order valence-electron chi connectivity index (χ0n) is 6.45. The molecule has 0 saturated carbocycles. The molecular formula is C8H15Cl. The van der Waals surface area contributed by atoms with Crippen molar-refractivity contribution in [1.29, 1.82) is 0 Å². The van der Waals surface area contributed by atoms with Gasteiger partial charge in [-0.25, -0.2) is 0 Å². The first-order valence-corrected chi connectivity index (χ1v) is 3.84. The summed E-state index contributed by atoms with van der Waals surface area (Å²) in [5.41, 5.74) is 1.38. The summed E-state index contributed by atoms with van der Waals surface area (Å²) in [6.07, 6.45) is 4.43. The van der Waals surface area contributed by atoms with Crippen molar-refractivity contribution in [3.8, 4) is 0 Å². The van der Waals surface area contributed by atoms with E-state index in [2.05, 4.69) is 19.9 Å². The maximum atomic E-state index is 5.73. The highest BCUT2D eigenvalue weighted by molar-refractivity contribution is 6.20. The zero-order chi connectivity index (χ0) is 7.28. The van der Waals surface area contributed by atoms with Crippen molar-refractivity contribution >= 4 is 11.6 Å². The normalized spacial score (nSPS) is 12.9. The molecule has 0 aliphatic rings. The summed E-state index contributed by atoms with van der Waals surface area (Å²) in [5.74, 6) is 0.